The van der Waals surface area contributed by atoms with Crippen LogP contribution in [0.4, 0.5) is 0 Å². The second kappa shape index (κ2) is 6.01. The van der Waals surface area contributed by atoms with Crippen molar-refractivity contribution in [1.82, 2.24) is 0 Å². The summed E-state index contributed by atoms with van der Waals surface area (Å²) in [5.74, 6) is 1.70. The van der Waals surface area contributed by atoms with E-state index in [1.165, 1.54) is 49.0 Å². The molecule has 1 unspecified atom stereocenters. The van der Waals surface area contributed by atoms with E-state index in [0.717, 1.165) is 11.8 Å². The van der Waals surface area contributed by atoms with Crippen LogP contribution in [0.1, 0.15) is 61.9 Å². The van der Waals surface area contributed by atoms with Crippen LogP contribution in [-0.2, 0) is 0 Å². The molecule has 1 fully saturated rings. The zero-order valence-electron chi connectivity index (χ0n) is 11.1. The van der Waals surface area contributed by atoms with E-state index in [0.29, 0.717) is 0 Å². The van der Waals surface area contributed by atoms with E-state index in [-0.39, 0.29) is 6.04 Å². The molecule has 1 aliphatic rings. The van der Waals surface area contributed by atoms with Gasteiger partial charge in [-0.25, -0.2) is 0 Å². The molecule has 2 heteroatoms. The Kier molecular flexibility index (Phi) is 4.63. The van der Waals surface area contributed by atoms with E-state index in [2.05, 4.69) is 25.3 Å². The normalized spacial score (nSPS) is 27.0. The van der Waals surface area contributed by atoms with Crippen molar-refractivity contribution in [3.05, 3.63) is 21.9 Å². The van der Waals surface area contributed by atoms with Crippen molar-refractivity contribution >= 4 is 11.3 Å². The fourth-order valence-corrected chi connectivity index (χ4v) is 4.21. The van der Waals surface area contributed by atoms with Crippen LogP contribution in [-0.4, -0.2) is 0 Å². The van der Waals surface area contributed by atoms with Crippen molar-refractivity contribution in [2.75, 3.05) is 0 Å². The summed E-state index contributed by atoms with van der Waals surface area (Å²) in [6.45, 7) is 4.49. The van der Waals surface area contributed by atoms with Crippen LogP contribution in [0.25, 0.3) is 0 Å². The molecule has 0 spiro atoms. The van der Waals surface area contributed by atoms with E-state index < -0.39 is 0 Å². The summed E-state index contributed by atoms with van der Waals surface area (Å²) in [5, 5.41) is 2.17. The van der Waals surface area contributed by atoms with Gasteiger partial charge in [-0.05, 0) is 48.6 Å². The quantitative estimate of drug-likeness (QED) is 0.827. The first-order chi connectivity index (χ1) is 8.22. The molecular weight excluding hydrogens is 226 g/mol. The van der Waals surface area contributed by atoms with Gasteiger partial charge in [-0.3, -0.25) is 0 Å². The minimum Gasteiger partial charge on any atom is -0.323 e. The van der Waals surface area contributed by atoms with E-state index >= 15 is 0 Å². The maximum atomic E-state index is 6.44. The lowest BCUT2D eigenvalue weighted by molar-refractivity contribution is 0.235. The summed E-state index contributed by atoms with van der Waals surface area (Å²) in [7, 11) is 0. The number of thiophene rings is 1. The molecule has 1 aromatic rings. The van der Waals surface area contributed by atoms with Crippen LogP contribution >= 0.6 is 11.3 Å². The summed E-state index contributed by atoms with van der Waals surface area (Å²) < 4.78 is 0. The highest BCUT2D eigenvalue weighted by Gasteiger charge is 2.27. The number of aryl methyl sites for hydroxylation is 1. The SMILES string of the molecule is CCCC1CCC(C(N)c2sccc2C)CC1. The first-order valence-electron chi connectivity index (χ1n) is 7.02. The predicted molar refractivity (Wildman–Crippen MR) is 76.3 cm³/mol. The zero-order chi connectivity index (χ0) is 12.3. The molecule has 0 aromatic carbocycles. The summed E-state index contributed by atoms with van der Waals surface area (Å²) in [4.78, 5) is 1.42. The maximum absolute atomic E-state index is 6.44. The summed E-state index contributed by atoms with van der Waals surface area (Å²) in [6, 6.07) is 2.49. The average Bonchev–Trinajstić information content (AvgIpc) is 2.76. The lowest BCUT2D eigenvalue weighted by atomic mass is 9.76. The molecule has 1 aliphatic carbocycles. The molecule has 0 radical (unpaired) electrons. The van der Waals surface area contributed by atoms with Gasteiger partial charge < -0.3 is 5.73 Å². The van der Waals surface area contributed by atoms with E-state index in [9.17, 15) is 0 Å². The number of hydrogen-bond donors (Lipinski definition) is 1. The standard InChI is InChI=1S/C15H25NS/c1-3-4-12-5-7-13(8-6-12)14(16)15-11(2)9-10-17-15/h9-10,12-14H,3-8,16H2,1-2H3. The Morgan fingerprint density at radius 2 is 2.06 bits per heavy atom. The fourth-order valence-electron chi connectivity index (χ4n) is 3.18. The van der Waals surface area contributed by atoms with Crippen molar-refractivity contribution in [2.45, 2.75) is 58.4 Å². The number of rotatable bonds is 4. The van der Waals surface area contributed by atoms with Gasteiger partial charge in [0.1, 0.15) is 0 Å². The molecular formula is C15H25NS. The first-order valence-corrected chi connectivity index (χ1v) is 7.90. The lowest BCUT2D eigenvalue weighted by Crippen LogP contribution is -2.25. The highest BCUT2D eigenvalue weighted by Crippen LogP contribution is 2.39. The Labute approximate surface area is 109 Å². The average molecular weight is 251 g/mol. The molecule has 17 heavy (non-hydrogen) atoms. The summed E-state index contributed by atoms with van der Waals surface area (Å²) in [6.07, 6.45) is 8.23. The van der Waals surface area contributed by atoms with Gasteiger partial charge in [-0.2, -0.15) is 0 Å². The molecule has 2 N–H and O–H groups in total. The Morgan fingerprint density at radius 1 is 1.35 bits per heavy atom. The smallest absolute Gasteiger partial charge is 0.0421 e. The Bertz CT molecular complexity index is 336. The van der Waals surface area contributed by atoms with Gasteiger partial charge in [0.15, 0.2) is 0 Å². The third-order valence-corrected chi connectivity index (χ3v) is 5.42. The van der Waals surface area contributed by atoms with Crippen LogP contribution in [0.15, 0.2) is 11.4 Å². The molecule has 0 amide bonds. The van der Waals surface area contributed by atoms with Gasteiger partial charge in [-0.1, -0.05) is 32.6 Å². The third-order valence-electron chi connectivity index (χ3n) is 4.30. The molecule has 1 atom stereocenters. The second-order valence-corrected chi connectivity index (χ2v) is 6.51. The molecule has 2 rings (SSSR count). The van der Waals surface area contributed by atoms with Crippen LogP contribution < -0.4 is 5.73 Å². The molecule has 0 bridgehead atoms. The fraction of sp³-hybridized carbons (Fsp3) is 0.733. The zero-order valence-corrected chi connectivity index (χ0v) is 11.9. The Balaban J connectivity index is 1.90. The van der Waals surface area contributed by atoms with Crippen LogP contribution in [0, 0.1) is 18.8 Å². The lowest BCUT2D eigenvalue weighted by Gasteiger charge is -2.32. The van der Waals surface area contributed by atoms with Crippen LogP contribution in [0.2, 0.25) is 0 Å². The molecule has 1 heterocycles. The van der Waals surface area contributed by atoms with Crippen molar-refractivity contribution in [3.63, 3.8) is 0 Å². The summed E-state index contributed by atoms with van der Waals surface area (Å²) in [5.41, 5.74) is 7.83. The number of nitrogens with two attached hydrogens (primary N) is 1. The highest BCUT2D eigenvalue weighted by molar-refractivity contribution is 7.10. The van der Waals surface area contributed by atoms with Crippen molar-refractivity contribution in [2.24, 2.45) is 17.6 Å². The highest BCUT2D eigenvalue weighted by atomic mass is 32.1. The first kappa shape index (κ1) is 13.1. The van der Waals surface area contributed by atoms with E-state index in [1.807, 2.05) is 11.3 Å². The van der Waals surface area contributed by atoms with Gasteiger partial charge in [0.2, 0.25) is 0 Å². The van der Waals surface area contributed by atoms with Gasteiger partial charge in [0, 0.05) is 10.9 Å². The van der Waals surface area contributed by atoms with Gasteiger partial charge in [-0.15, -0.1) is 11.3 Å². The van der Waals surface area contributed by atoms with Crippen molar-refractivity contribution in [3.8, 4) is 0 Å². The van der Waals surface area contributed by atoms with Crippen molar-refractivity contribution < 1.29 is 0 Å². The minimum absolute atomic E-state index is 0.289. The van der Waals surface area contributed by atoms with Crippen LogP contribution in [0.3, 0.4) is 0 Å². The monoisotopic (exact) mass is 251 g/mol. The Hall–Kier alpha value is -0.340. The van der Waals surface area contributed by atoms with Crippen molar-refractivity contribution in [1.29, 1.82) is 0 Å². The third kappa shape index (κ3) is 3.11. The van der Waals surface area contributed by atoms with E-state index in [1.54, 1.807) is 0 Å². The van der Waals surface area contributed by atoms with Gasteiger partial charge >= 0.3 is 0 Å². The predicted octanol–water partition coefficient (Wildman–Crippen LogP) is 4.66. The van der Waals surface area contributed by atoms with Crippen LogP contribution in [0.5, 0.6) is 0 Å². The van der Waals surface area contributed by atoms with E-state index in [4.69, 9.17) is 5.73 Å². The Morgan fingerprint density at radius 3 is 2.59 bits per heavy atom. The second-order valence-electron chi connectivity index (χ2n) is 5.56. The molecule has 1 saturated carbocycles. The molecule has 1 nitrogen and oxygen atoms in total. The molecule has 1 aromatic heterocycles. The van der Waals surface area contributed by atoms with Gasteiger partial charge in [0.05, 0.1) is 0 Å². The molecule has 96 valence electrons. The van der Waals surface area contributed by atoms with Gasteiger partial charge in [0.25, 0.3) is 0 Å². The molecule has 0 saturated heterocycles. The summed E-state index contributed by atoms with van der Waals surface area (Å²) >= 11 is 1.84. The maximum Gasteiger partial charge on any atom is 0.0421 e. The molecule has 0 aliphatic heterocycles. The largest absolute Gasteiger partial charge is 0.323 e. The minimum atomic E-state index is 0.289. The topological polar surface area (TPSA) is 26.0 Å². The number of hydrogen-bond acceptors (Lipinski definition) is 2.